The Bertz CT molecular complexity index is 496. The first-order valence-electron chi connectivity index (χ1n) is 6.95. The predicted molar refractivity (Wildman–Crippen MR) is 78.0 cm³/mol. The van der Waals surface area contributed by atoms with Crippen molar-refractivity contribution in [3.63, 3.8) is 0 Å². The van der Waals surface area contributed by atoms with Crippen molar-refractivity contribution in [1.29, 1.82) is 0 Å². The van der Waals surface area contributed by atoms with E-state index in [2.05, 4.69) is 24.0 Å². The maximum atomic E-state index is 10.3. The highest BCUT2D eigenvalue weighted by molar-refractivity contribution is 5.25. The van der Waals surface area contributed by atoms with Gasteiger partial charge in [-0.3, -0.25) is 4.98 Å². The minimum Gasteiger partial charge on any atom is -0.388 e. The number of aryl methyl sites for hydroxylation is 2. The van der Waals surface area contributed by atoms with Crippen molar-refractivity contribution in [2.45, 2.75) is 38.7 Å². The molecule has 0 amide bonds. The zero-order valence-corrected chi connectivity index (χ0v) is 11.4. The van der Waals surface area contributed by atoms with Crippen molar-refractivity contribution in [3.05, 3.63) is 65.5 Å². The van der Waals surface area contributed by atoms with Gasteiger partial charge in [0.2, 0.25) is 0 Å². The van der Waals surface area contributed by atoms with Crippen LogP contribution in [0, 0.1) is 0 Å². The van der Waals surface area contributed by atoms with Gasteiger partial charge in [0.05, 0.1) is 6.10 Å². The molecule has 1 atom stereocenters. The molecule has 0 bridgehead atoms. The van der Waals surface area contributed by atoms with Crippen molar-refractivity contribution in [1.82, 2.24) is 4.98 Å². The molecule has 19 heavy (non-hydrogen) atoms. The van der Waals surface area contributed by atoms with E-state index < -0.39 is 6.10 Å². The monoisotopic (exact) mass is 255 g/mol. The van der Waals surface area contributed by atoms with Gasteiger partial charge in [0, 0.05) is 12.4 Å². The van der Waals surface area contributed by atoms with Gasteiger partial charge in [-0.05, 0) is 42.0 Å². The van der Waals surface area contributed by atoms with Gasteiger partial charge in [-0.1, -0.05) is 43.7 Å². The quantitative estimate of drug-likeness (QED) is 0.853. The Kier molecular flexibility index (Phi) is 5.10. The number of nitrogens with zero attached hydrogens (tertiary/aromatic N) is 1. The summed E-state index contributed by atoms with van der Waals surface area (Å²) in [4.78, 5) is 4.09. The van der Waals surface area contributed by atoms with Gasteiger partial charge in [-0.15, -0.1) is 0 Å². The van der Waals surface area contributed by atoms with Crippen molar-refractivity contribution >= 4 is 0 Å². The number of rotatable bonds is 6. The van der Waals surface area contributed by atoms with Crippen molar-refractivity contribution < 1.29 is 5.11 Å². The summed E-state index contributed by atoms with van der Waals surface area (Å²) in [5, 5.41) is 10.3. The molecular weight excluding hydrogens is 234 g/mol. The second kappa shape index (κ2) is 7.05. The average molecular weight is 255 g/mol. The maximum Gasteiger partial charge on any atom is 0.0793 e. The van der Waals surface area contributed by atoms with E-state index in [1.807, 2.05) is 30.5 Å². The number of hydrogen-bond donors (Lipinski definition) is 1. The van der Waals surface area contributed by atoms with Gasteiger partial charge in [-0.2, -0.15) is 0 Å². The normalized spacial score (nSPS) is 12.3. The Morgan fingerprint density at radius 2 is 1.95 bits per heavy atom. The lowest BCUT2D eigenvalue weighted by Crippen LogP contribution is -2.00. The second-order valence-electron chi connectivity index (χ2n) is 4.91. The number of pyridine rings is 1. The summed E-state index contributed by atoms with van der Waals surface area (Å²) in [6.07, 6.45) is 7.04. The first kappa shape index (κ1) is 13.8. The molecule has 1 aromatic carbocycles. The smallest absolute Gasteiger partial charge is 0.0793 e. The summed E-state index contributed by atoms with van der Waals surface area (Å²) in [6, 6.07) is 12.3. The van der Waals surface area contributed by atoms with Crippen molar-refractivity contribution in [2.75, 3.05) is 0 Å². The summed E-state index contributed by atoms with van der Waals surface area (Å²) in [7, 11) is 0. The van der Waals surface area contributed by atoms with Crippen LogP contribution in [0.3, 0.4) is 0 Å². The minimum atomic E-state index is -0.392. The second-order valence-corrected chi connectivity index (χ2v) is 4.91. The highest BCUT2D eigenvalue weighted by atomic mass is 16.3. The Morgan fingerprint density at radius 1 is 1.11 bits per heavy atom. The van der Waals surface area contributed by atoms with Crippen LogP contribution < -0.4 is 0 Å². The maximum absolute atomic E-state index is 10.3. The molecule has 0 spiro atoms. The fourth-order valence-corrected chi connectivity index (χ4v) is 2.26. The summed E-state index contributed by atoms with van der Waals surface area (Å²) in [5.41, 5.74) is 3.50. The van der Waals surface area contributed by atoms with E-state index in [1.54, 1.807) is 6.20 Å². The summed E-state index contributed by atoms with van der Waals surface area (Å²) < 4.78 is 0. The van der Waals surface area contributed by atoms with Gasteiger partial charge in [-0.25, -0.2) is 0 Å². The number of hydrogen-bond acceptors (Lipinski definition) is 2. The molecule has 0 aliphatic rings. The topological polar surface area (TPSA) is 33.1 Å². The zero-order valence-electron chi connectivity index (χ0n) is 11.4. The first-order chi connectivity index (χ1) is 9.29. The Balaban J connectivity index is 1.95. The molecule has 0 saturated carbocycles. The van der Waals surface area contributed by atoms with E-state index in [1.165, 1.54) is 11.1 Å². The molecule has 0 saturated heterocycles. The van der Waals surface area contributed by atoms with E-state index in [4.69, 9.17) is 0 Å². The third-order valence-corrected chi connectivity index (χ3v) is 3.30. The average Bonchev–Trinajstić information content (AvgIpc) is 2.46. The van der Waals surface area contributed by atoms with E-state index in [0.29, 0.717) is 0 Å². The molecule has 2 aromatic rings. The number of aromatic nitrogens is 1. The third-order valence-electron chi connectivity index (χ3n) is 3.30. The lowest BCUT2D eigenvalue weighted by molar-refractivity contribution is 0.167. The van der Waals surface area contributed by atoms with Crippen LogP contribution in [-0.4, -0.2) is 10.1 Å². The molecule has 2 rings (SSSR count). The van der Waals surface area contributed by atoms with Crippen LogP contribution >= 0.6 is 0 Å². The fraction of sp³-hybridized carbons (Fsp3) is 0.353. The van der Waals surface area contributed by atoms with E-state index in [9.17, 15) is 5.11 Å². The Morgan fingerprint density at radius 3 is 2.68 bits per heavy atom. The molecule has 1 aromatic heterocycles. The molecule has 2 heteroatoms. The summed E-state index contributed by atoms with van der Waals surface area (Å²) >= 11 is 0. The predicted octanol–water partition coefficient (Wildman–Crippen LogP) is 3.70. The van der Waals surface area contributed by atoms with Crippen LogP contribution in [0.15, 0.2) is 48.8 Å². The van der Waals surface area contributed by atoms with Gasteiger partial charge < -0.3 is 5.11 Å². The molecule has 0 fully saturated rings. The first-order valence-corrected chi connectivity index (χ1v) is 6.95. The zero-order chi connectivity index (χ0) is 13.5. The molecule has 1 unspecified atom stereocenters. The van der Waals surface area contributed by atoms with Crippen LogP contribution in [0.5, 0.6) is 0 Å². The third kappa shape index (κ3) is 4.18. The van der Waals surface area contributed by atoms with Crippen molar-refractivity contribution in [2.24, 2.45) is 0 Å². The molecule has 100 valence electrons. The molecular formula is C17H21NO. The summed E-state index contributed by atoms with van der Waals surface area (Å²) in [6.45, 7) is 2.17. The Hall–Kier alpha value is -1.67. The standard InChI is InChI=1S/C17H21NO/c1-2-5-14-6-3-8-16(12-14)17(19)10-9-15-7-4-11-18-13-15/h3-4,6-8,11-13,17,19H,2,5,9-10H2,1H3. The SMILES string of the molecule is CCCc1cccc(C(O)CCc2cccnc2)c1. The largest absolute Gasteiger partial charge is 0.388 e. The molecule has 0 aliphatic carbocycles. The number of benzene rings is 1. The van der Waals surface area contributed by atoms with Crippen LogP contribution in [0.25, 0.3) is 0 Å². The Labute approximate surface area is 115 Å². The van der Waals surface area contributed by atoms with E-state index >= 15 is 0 Å². The van der Waals surface area contributed by atoms with Gasteiger partial charge in [0.25, 0.3) is 0 Å². The lowest BCUT2D eigenvalue weighted by Gasteiger charge is -2.12. The highest BCUT2D eigenvalue weighted by Crippen LogP contribution is 2.20. The van der Waals surface area contributed by atoms with Crippen LogP contribution in [0.2, 0.25) is 0 Å². The van der Waals surface area contributed by atoms with Crippen LogP contribution in [-0.2, 0) is 12.8 Å². The minimum absolute atomic E-state index is 0.392. The fourth-order valence-electron chi connectivity index (χ4n) is 2.26. The van der Waals surface area contributed by atoms with Gasteiger partial charge in [0.15, 0.2) is 0 Å². The van der Waals surface area contributed by atoms with Gasteiger partial charge in [0.1, 0.15) is 0 Å². The highest BCUT2D eigenvalue weighted by Gasteiger charge is 2.08. The molecule has 2 nitrogen and oxygen atoms in total. The van der Waals surface area contributed by atoms with E-state index in [-0.39, 0.29) is 0 Å². The van der Waals surface area contributed by atoms with Crippen LogP contribution in [0.4, 0.5) is 0 Å². The molecule has 1 N–H and O–H groups in total. The van der Waals surface area contributed by atoms with Crippen LogP contribution in [0.1, 0.15) is 42.6 Å². The van der Waals surface area contributed by atoms with E-state index in [0.717, 1.165) is 31.2 Å². The summed E-state index contributed by atoms with van der Waals surface area (Å²) in [5.74, 6) is 0. The molecule has 0 aliphatic heterocycles. The number of aliphatic hydroxyl groups excluding tert-OH is 1. The van der Waals surface area contributed by atoms with Gasteiger partial charge >= 0.3 is 0 Å². The lowest BCUT2D eigenvalue weighted by atomic mass is 9.99. The molecule has 1 heterocycles. The number of aliphatic hydroxyl groups is 1. The molecule has 0 radical (unpaired) electrons. The van der Waals surface area contributed by atoms with Crippen molar-refractivity contribution in [3.8, 4) is 0 Å².